The van der Waals surface area contributed by atoms with Crippen molar-refractivity contribution in [3.8, 4) is 5.75 Å². The highest BCUT2D eigenvalue weighted by atomic mass is 16.5. The zero-order valence-corrected chi connectivity index (χ0v) is 35.0. The fourth-order valence-electron chi connectivity index (χ4n) is 13.4. The molecule has 1 aliphatic carbocycles. The number of aromatic amines is 1. The second kappa shape index (κ2) is 14.6. The van der Waals surface area contributed by atoms with E-state index < -0.39 is 51.9 Å². The van der Waals surface area contributed by atoms with Gasteiger partial charge in [-0.15, -0.1) is 0 Å². The molecule has 13 heteroatoms. The minimum absolute atomic E-state index is 0.122. The van der Waals surface area contributed by atoms with E-state index in [1.807, 2.05) is 56.1 Å². The molecule has 59 heavy (non-hydrogen) atoms. The Hall–Kier alpha value is -3.98. The van der Waals surface area contributed by atoms with Gasteiger partial charge in [-0.25, -0.2) is 0 Å². The number of aromatic nitrogens is 1. The maximum absolute atomic E-state index is 14.7. The van der Waals surface area contributed by atoms with E-state index in [1.165, 1.54) is 7.11 Å². The number of nitrogens with one attached hydrogen (secondary N) is 2. The molecule has 2 aromatic carbocycles. The SMILES string of the molecule is CCC1(O)CC2C[N@](CCc3c([nH]c4ccccc34)[C@H](C(=O)OC)C2c2cc3c(cc2OC)N(C)C2[C@]34CCN3CC=C[C@](CC)(C34)[C@@H](O)[C@]2(O)C(=O)NCCCO)C1. The summed E-state index contributed by atoms with van der Waals surface area (Å²) in [5, 5.41) is 51.6. The molecule has 2 saturated heterocycles. The van der Waals surface area contributed by atoms with E-state index in [0.29, 0.717) is 70.5 Å². The van der Waals surface area contributed by atoms with Crippen LogP contribution in [0.25, 0.3) is 10.9 Å². The van der Waals surface area contributed by atoms with E-state index in [1.54, 1.807) is 7.11 Å². The number of carbonyl (C=O) groups excluding carboxylic acids is 2. The number of H-pyrrole nitrogens is 1. The number of nitrogens with zero attached hydrogens (tertiary/aromatic N) is 3. The van der Waals surface area contributed by atoms with Crippen LogP contribution in [0.15, 0.2) is 48.6 Å². The summed E-state index contributed by atoms with van der Waals surface area (Å²) in [5.41, 5.74) is 0.384. The lowest BCUT2D eigenvalue weighted by atomic mass is 9.47. The van der Waals surface area contributed by atoms with Gasteiger partial charge in [-0.2, -0.15) is 0 Å². The van der Waals surface area contributed by atoms with E-state index in [-0.39, 0.29) is 31.1 Å². The number of esters is 1. The third-order valence-electron chi connectivity index (χ3n) is 15.8. The standard InChI is InChI=1S/C46H61N5O8/c1-6-43(56)24-27-25-50(26-43)19-14-29-28-12-8-9-13-32(28)48-37(29)36(38(53)59-5)35(27)30-22-31-33(23-34(30)58-4)49(3)40-45(31)16-20-51-18-10-15-44(7-2,39(45)51)41(54)46(40,57)42(55)47-17-11-21-52/h8-10,12-13,15,22-23,27,35-36,39-41,48,52,54,56-57H,6-7,11,14,16-21,24-26H2,1-5H3,(H,47,55)/t27?,35?,36-,39?,40?,41-,43?,44-,45-,46+/m1/s1. The summed E-state index contributed by atoms with van der Waals surface area (Å²) in [7, 11) is 4.97. The first-order valence-corrected chi connectivity index (χ1v) is 21.7. The van der Waals surface area contributed by atoms with Gasteiger partial charge >= 0.3 is 5.97 Å². The summed E-state index contributed by atoms with van der Waals surface area (Å²) in [6.45, 7) is 7.37. The monoisotopic (exact) mass is 811 g/mol. The van der Waals surface area contributed by atoms with Crippen LogP contribution in [0.1, 0.15) is 80.2 Å². The van der Waals surface area contributed by atoms with Crippen LogP contribution in [0.5, 0.6) is 5.75 Å². The maximum Gasteiger partial charge on any atom is 0.315 e. The Morgan fingerprint density at radius 1 is 1.07 bits per heavy atom. The van der Waals surface area contributed by atoms with E-state index in [4.69, 9.17) is 9.47 Å². The molecule has 1 amide bonds. The third-order valence-corrected chi connectivity index (χ3v) is 15.8. The second-order valence-corrected chi connectivity index (χ2v) is 18.4. The Kier molecular flexibility index (Phi) is 10.00. The Morgan fingerprint density at radius 3 is 2.59 bits per heavy atom. The molecule has 3 aromatic rings. The van der Waals surface area contributed by atoms with Gasteiger partial charge < -0.3 is 45.1 Å². The number of anilines is 1. The fraction of sp³-hybridized carbons (Fsp3) is 0.609. The topological polar surface area (TPSA) is 171 Å². The van der Waals surface area contributed by atoms with Crippen LogP contribution in [0, 0.1) is 11.3 Å². The summed E-state index contributed by atoms with van der Waals surface area (Å²) >= 11 is 0. The van der Waals surface area contributed by atoms with E-state index >= 15 is 0 Å². The van der Waals surface area contributed by atoms with Crippen molar-refractivity contribution >= 4 is 28.5 Å². The molecule has 5 aliphatic heterocycles. The number of rotatable bonds is 9. The molecular formula is C46H61N5O8. The van der Waals surface area contributed by atoms with Gasteiger partial charge in [0.2, 0.25) is 0 Å². The number of benzene rings is 2. The molecule has 1 spiro atoms. The van der Waals surface area contributed by atoms with Gasteiger partial charge in [0.25, 0.3) is 5.91 Å². The van der Waals surface area contributed by atoms with Gasteiger partial charge in [-0.1, -0.05) is 44.2 Å². The molecule has 2 bridgehead atoms. The van der Waals surface area contributed by atoms with Gasteiger partial charge in [0.15, 0.2) is 5.60 Å². The number of ether oxygens (including phenoxy) is 2. The van der Waals surface area contributed by atoms with E-state index in [2.05, 4.69) is 38.3 Å². The zero-order chi connectivity index (χ0) is 41.6. The molecule has 1 aromatic heterocycles. The maximum atomic E-state index is 14.7. The summed E-state index contributed by atoms with van der Waals surface area (Å²) in [4.78, 5) is 39.7. The molecule has 6 heterocycles. The first kappa shape index (κ1) is 40.4. The average molecular weight is 812 g/mol. The van der Waals surface area contributed by atoms with Gasteiger partial charge in [-0.3, -0.25) is 19.4 Å². The number of aliphatic hydroxyl groups is 4. The largest absolute Gasteiger partial charge is 0.496 e. The second-order valence-electron chi connectivity index (χ2n) is 18.4. The minimum Gasteiger partial charge on any atom is -0.496 e. The average Bonchev–Trinajstić information content (AvgIpc) is 3.90. The Labute approximate surface area is 346 Å². The van der Waals surface area contributed by atoms with Crippen molar-refractivity contribution in [2.24, 2.45) is 11.3 Å². The first-order chi connectivity index (χ1) is 28.4. The predicted octanol–water partition coefficient (Wildman–Crippen LogP) is 2.94. The molecule has 5 unspecified atom stereocenters. The van der Waals surface area contributed by atoms with Crippen molar-refractivity contribution in [3.63, 3.8) is 0 Å². The van der Waals surface area contributed by atoms with E-state index in [9.17, 15) is 30.0 Å². The number of para-hydroxylation sites is 1. The van der Waals surface area contributed by atoms with Crippen LogP contribution in [-0.4, -0.2) is 144 Å². The van der Waals surface area contributed by atoms with Crippen molar-refractivity contribution in [3.05, 3.63) is 70.9 Å². The van der Waals surface area contributed by atoms with E-state index in [0.717, 1.165) is 45.5 Å². The highest BCUT2D eigenvalue weighted by Crippen LogP contribution is 2.67. The molecular weight excluding hydrogens is 751 g/mol. The van der Waals surface area contributed by atoms with Gasteiger partial charge in [-0.05, 0) is 79.8 Å². The van der Waals surface area contributed by atoms with Crippen LogP contribution in [-0.2, 0) is 26.2 Å². The number of hydrogen-bond donors (Lipinski definition) is 6. The summed E-state index contributed by atoms with van der Waals surface area (Å²) in [5.74, 6) is -1.95. The fourth-order valence-corrected chi connectivity index (χ4v) is 13.4. The Balaban J connectivity index is 1.31. The number of aliphatic hydroxyl groups excluding tert-OH is 2. The molecule has 6 N–H and O–H groups in total. The van der Waals surface area contributed by atoms with Crippen LogP contribution in [0.3, 0.4) is 0 Å². The Morgan fingerprint density at radius 2 is 1.86 bits per heavy atom. The normalized spacial score (nSPS) is 37.1. The Bertz CT molecular complexity index is 2170. The zero-order valence-electron chi connectivity index (χ0n) is 35.0. The van der Waals surface area contributed by atoms with Crippen LogP contribution in [0.2, 0.25) is 0 Å². The number of carbonyl (C=O) groups is 2. The van der Waals surface area contributed by atoms with Crippen molar-refractivity contribution in [2.75, 3.05) is 72.0 Å². The molecule has 9 rings (SSSR count). The molecule has 13 nitrogen and oxygen atoms in total. The van der Waals surface area contributed by atoms with Crippen molar-refractivity contribution < 1.29 is 39.5 Å². The van der Waals surface area contributed by atoms with Crippen molar-refractivity contribution in [2.45, 2.75) is 99.0 Å². The van der Waals surface area contributed by atoms with Crippen molar-refractivity contribution in [1.82, 2.24) is 20.1 Å². The van der Waals surface area contributed by atoms with Crippen molar-refractivity contribution in [1.29, 1.82) is 0 Å². The predicted molar refractivity (Wildman–Crippen MR) is 224 cm³/mol. The van der Waals surface area contributed by atoms with Gasteiger partial charge in [0.1, 0.15) is 17.8 Å². The number of hydrogen-bond acceptors (Lipinski definition) is 11. The van der Waals surface area contributed by atoms with Gasteiger partial charge in [0.05, 0.1) is 25.9 Å². The lowest BCUT2D eigenvalue weighted by molar-refractivity contribution is -0.203. The first-order valence-electron chi connectivity index (χ1n) is 21.7. The third kappa shape index (κ3) is 5.57. The molecule has 6 aliphatic rings. The highest BCUT2D eigenvalue weighted by molar-refractivity contribution is 5.91. The molecule has 0 radical (unpaired) electrons. The lowest BCUT2D eigenvalue weighted by Gasteiger charge is -2.63. The molecule has 11 atom stereocenters. The van der Waals surface area contributed by atoms with Gasteiger partial charge in [0, 0.05) is 97.5 Å². The number of amides is 1. The number of piperidine rings is 1. The van der Waals surface area contributed by atoms with Crippen LogP contribution in [0.4, 0.5) is 5.69 Å². The summed E-state index contributed by atoms with van der Waals surface area (Å²) < 4.78 is 12.1. The quantitative estimate of drug-likeness (QED) is 0.107. The highest BCUT2D eigenvalue weighted by Gasteiger charge is 2.78. The summed E-state index contributed by atoms with van der Waals surface area (Å²) in [6.07, 6.45) is 5.81. The molecule has 3 fully saturated rings. The smallest absolute Gasteiger partial charge is 0.315 e. The molecule has 1 saturated carbocycles. The lowest BCUT2D eigenvalue weighted by Crippen LogP contribution is -2.81. The van der Waals surface area contributed by atoms with Crippen LogP contribution < -0.4 is 15.0 Å². The number of methoxy groups -OCH3 is 2. The molecule has 318 valence electrons. The number of likely N-dealkylation sites (N-methyl/N-ethyl adjacent to an activating group) is 1. The van der Waals surface area contributed by atoms with Crippen LogP contribution >= 0.6 is 0 Å². The number of fused-ring (bicyclic) bond motifs is 6. The minimum atomic E-state index is -2.24. The summed E-state index contributed by atoms with van der Waals surface area (Å²) in [6, 6.07) is 11.2.